The van der Waals surface area contributed by atoms with Crippen LogP contribution in [0.5, 0.6) is 0 Å². The summed E-state index contributed by atoms with van der Waals surface area (Å²) in [6.45, 7) is 1.78. The lowest BCUT2D eigenvalue weighted by atomic mass is 10.3. The summed E-state index contributed by atoms with van der Waals surface area (Å²) in [6, 6.07) is 0. The predicted octanol–water partition coefficient (Wildman–Crippen LogP) is -0.213. The van der Waals surface area contributed by atoms with Gasteiger partial charge in [0.25, 0.3) is 0 Å². The molecule has 0 radical (unpaired) electrons. The second-order valence-electron chi connectivity index (χ2n) is 5.07. The van der Waals surface area contributed by atoms with Crippen LogP contribution in [0.4, 0.5) is 11.6 Å². The lowest BCUT2D eigenvalue weighted by Crippen LogP contribution is -2.32. The van der Waals surface area contributed by atoms with Crippen molar-refractivity contribution in [3.8, 4) is 0 Å². The summed E-state index contributed by atoms with van der Waals surface area (Å²) in [5.74, 6) is 1.55. The number of anilines is 1. The molecular formula is C12H14N10. The highest BCUT2D eigenvalue weighted by molar-refractivity contribution is 5.81. The number of hydrogen-bond acceptors (Lipinski definition) is 8. The minimum absolute atomic E-state index is 0.343. The monoisotopic (exact) mass is 298 g/mol. The number of nitrogens with zero attached hydrogens (tertiary/aromatic N) is 8. The molecule has 0 bridgehead atoms. The highest BCUT2D eigenvalue weighted by Crippen LogP contribution is 2.29. The average molecular weight is 298 g/mol. The molecule has 1 unspecified atom stereocenters. The first kappa shape index (κ1) is 12.7. The summed E-state index contributed by atoms with van der Waals surface area (Å²) in [5.41, 5.74) is 13.8. The molecule has 0 saturated heterocycles. The molecule has 4 rings (SSSR count). The Morgan fingerprint density at radius 2 is 1.91 bits per heavy atom. The van der Waals surface area contributed by atoms with E-state index in [1.54, 1.807) is 40.2 Å². The second kappa shape index (κ2) is 4.24. The van der Waals surface area contributed by atoms with E-state index in [2.05, 4.69) is 24.9 Å². The normalized spacial score (nSPS) is 17.2. The van der Waals surface area contributed by atoms with Gasteiger partial charge in [-0.2, -0.15) is 0 Å². The molecule has 112 valence electrons. The molecule has 0 spiro atoms. The van der Waals surface area contributed by atoms with E-state index in [0.717, 1.165) is 0 Å². The molecule has 0 aromatic carbocycles. The van der Waals surface area contributed by atoms with Crippen LogP contribution in [0.15, 0.2) is 17.6 Å². The minimum atomic E-state index is -0.343. The number of hydrogen-bond donors (Lipinski definition) is 2. The van der Waals surface area contributed by atoms with Crippen LogP contribution in [0, 0.1) is 6.92 Å². The number of fused-ring (bicyclic) bond motifs is 2. The van der Waals surface area contributed by atoms with Crippen LogP contribution in [0.25, 0.3) is 11.2 Å². The first-order valence-electron chi connectivity index (χ1n) is 6.63. The maximum absolute atomic E-state index is 6.11. The fraction of sp³-hybridized carbons (Fsp3) is 0.250. The van der Waals surface area contributed by atoms with E-state index in [-0.39, 0.29) is 6.17 Å². The zero-order valence-electron chi connectivity index (χ0n) is 12.0. The van der Waals surface area contributed by atoms with Gasteiger partial charge in [-0.1, -0.05) is 0 Å². The maximum atomic E-state index is 6.11. The summed E-state index contributed by atoms with van der Waals surface area (Å²) in [7, 11) is 1.85. The van der Waals surface area contributed by atoms with Gasteiger partial charge in [-0.15, -0.1) is 0 Å². The molecule has 22 heavy (non-hydrogen) atoms. The standard InChI is InChI=1S/C12H14N10/c1-6-18-9(13)7-12(19-6)22(4-15-7)21-5-16-8-10(14)20(2)3-17-11(8)21/h3-5,10H,14H2,1-2H3,(H2,13,18,19). The van der Waals surface area contributed by atoms with Crippen molar-refractivity contribution in [2.45, 2.75) is 13.1 Å². The summed E-state index contributed by atoms with van der Waals surface area (Å²) >= 11 is 0. The van der Waals surface area contributed by atoms with Gasteiger partial charge in [-0.25, -0.2) is 34.3 Å². The molecule has 3 aromatic rings. The van der Waals surface area contributed by atoms with Crippen molar-refractivity contribution in [2.24, 2.45) is 10.7 Å². The highest BCUT2D eigenvalue weighted by atomic mass is 15.5. The smallest absolute Gasteiger partial charge is 0.185 e. The number of nitrogens with two attached hydrogens (primary N) is 2. The van der Waals surface area contributed by atoms with Crippen molar-refractivity contribution in [2.75, 3.05) is 12.8 Å². The summed E-state index contributed by atoms with van der Waals surface area (Å²) in [4.78, 5) is 23.3. The summed E-state index contributed by atoms with van der Waals surface area (Å²) < 4.78 is 3.46. The molecule has 10 heteroatoms. The zero-order chi connectivity index (χ0) is 15.4. The fourth-order valence-corrected chi connectivity index (χ4v) is 2.43. The quantitative estimate of drug-likeness (QED) is 0.635. The van der Waals surface area contributed by atoms with Crippen LogP contribution in [0.1, 0.15) is 17.7 Å². The topological polar surface area (TPSA) is 129 Å². The molecule has 0 amide bonds. The molecule has 1 atom stereocenters. The Balaban J connectivity index is 1.96. The van der Waals surface area contributed by atoms with Gasteiger partial charge in [-0.3, -0.25) is 0 Å². The molecule has 0 saturated carbocycles. The number of imidazole rings is 2. The van der Waals surface area contributed by atoms with Gasteiger partial charge >= 0.3 is 0 Å². The number of aryl methyl sites for hydroxylation is 1. The van der Waals surface area contributed by atoms with Gasteiger partial charge in [0.15, 0.2) is 22.8 Å². The molecule has 0 aliphatic carbocycles. The number of aromatic nitrogens is 6. The maximum Gasteiger partial charge on any atom is 0.185 e. The van der Waals surface area contributed by atoms with Crippen molar-refractivity contribution in [1.82, 2.24) is 34.2 Å². The molecule has 4 N–H and O–H groups in total. The SMILES string of the molecule is Cc1nc(N)c2ncn(-n3cnc4c3N=CN(C)C4N)c2n1. The Hall–Kier alpha value is -3.01. The van der Waals surface area contributed by atoms with Crippen molar-refractivity contribution in [1.29, 1.82) is 0 Å². The van der Waals surface area contributed by atoms with Gasteiger partial charge in [-0.05, 0) is 6.92 Å². The molecule has 0 fully saturated rings. The van der Waals surface area contributed by atoms with E-state index in [9.17, 15) is 0 Å². The molecular weight excluding hydrogens is 284 g/mol. The van der Waals surface area contributed by atoms with E-state index in [1.807, 2.05) is 7.05 Å². The summed E-state index contributed by atoms with van der Waals surface area (Å²) in [5, 5.41) is 0. The Morgan fingerprint density at radius 1 is 1.14 bits per heavy atom. The van der Waals surface area contributed by atoms with Crippen LogP contribution in [-0.2, 0) is 0 Å². The first-order valence-corrected chi connectivity index (χ1v) is 6.63. The Kier molecular flexibility index (Phi) is 2.45. The lowest BCUT2D eigenvalue weighted by molar-refractivity contribution is 0.383. The van der Waals surface area contributed by atoms with Crippen molar-refractivity contribution in [3.63, 3.8) is 0 Å². The fourth-order valence-electron chi connectivity index (χ4n) is 2.43. The first-order chi connectivity index (χ1) is 10.6. The molecule has 1 aliphatic heterocycles. The Bertz CT molecular complexity index is 904. The van der Waals surface area contributed by atoms with Gasteiger partial charge in [0.1, 0.15) is 30.3 Å². The zero-order valence-corrected chi connectivity index (χ0v) is 12.0. The van der Waals surface area contributed by atoms with Gasteiger partial charge in [0, 0.05) is 7.05 Å². The van der Waals surface area contributed by atoms with Gasteiger partial charge < -0.3 is 16.4 Å². The van der Waals surface area contributed by atoms with Crippen molar-refractivity contribution >= 4 is 29.1 Å². The molecule has 1 aliphatic rings. The number of nitrogen functional groups attached to an aromatic ring is 1. The van der Waals surface area contributed by atoms with Crippen LogP contribution in [0.2, 0.25) is 0 Å². The van der Waals surface area contributed by atoms with Crippen molar-refractivity contribution < 1.29 is 0 Å². The van der Waals surface area contributed by atoms with Crippen LogP contribution in [-0.4, -0.2) is 47.6 Å². The van der Waals surface area contributed by atoms with Crippen molar-refractivity contribution in [3.05, 3.63) is 24.2 Å². The average Bonchev–Trinajstić information content (AvgIpc) is 3.06. The van der Waals surface area contributed by atoms with Crippen LogP contribution >= 0.6 is 0 Å². The molecule has 3 aromatic heterocycles. The van der Waals surface area contributed by atoms with Crippen LogP contribution in [0.3, 0.4) is 0 Å². The Morgan fingerprint density at radius 3 is 2.73 bits per heavy atom. The van der Waals surface area contributed by atoms with E-state index in [4.69, 9.17) is 11.5 Å². The minimum Gasteiger partial charge on any atom is -0.382 e. The largest absolute Gasteiger partial charge is 0.382 e. The number of aliphatic imine (C=N–C) groups is 1. The third-order valence-corrected chi connectivity index (χ3v) is 3.58. The molecule has 10 nitrogen and oxygen atoms in total. The highest BCUT2D eigenvalue weighted by Gasteiger charge is 2.24. The lowest BCUT2D eigenvalue weighted by Gasteiger charge is -2.24. The Labute approximate surface area is 125 Å². The van der Waals surface area contributed by atoms with E-state index in [1.165, 1.54) is 0 Å². The second-order valence-corrected chi connectivity index (χ2v) is 5.07. The predicted molar refractivity (Wildman–Crippen MR) is 80.3 cm³/mol. The van der Waals surface area contributed by atoms with E-state index < -0.39 is 0 Å². The molecule has 4 heterocycles. The van der Waals surface area contributed by atoms with E-state index in [0.29, 0.717) is 34.3 Å². The number of rotatable bonds is 1. The third kappa shape index (κ3) is 1.61. The van der Waals surface area contributed by atoms with Gasteiger partial charge in [0.05, 0.1) is 6.34 Å². The van der Waals surface area contributed by atoms with Gasteiger partial charge in [0.2, 0.25) is 0 Å². The van der Waals surface area contributed by atoms with E-state index >= 15 is 0 Å². The van der Waals surface area contributed by atoms with Crippen LogP contribution < -0.4 is 11.5 Å². The third-order valence-electron chi connectivity index (χ3n) is 3.58. The summed E-state index contributed by atoms with van der Waals surface area (Å²) in [6.07, 6.45) is 4.57.